The van der Waals surface area contributed by atoms with Gasteiger partial charge in [0.25, 0.3) is 5.56 Å². The van der Waals surface area contributed by atoms with Gasteiger partial charge in [0.05, 0.1) is 18.3 Å². The summed E-state index contributed by atoms with van der Waals surface area (Å²) in [6.07, 6.45) is 4.19. The highest BCUT2D eigenvalue weighted by atomic mass is 16.5. The van der Waals surface area contributed by atoms with Crippen molar-refractivity contribution < 1.29 is 9.84 Å². The fraction of sp³-hybridized carbons (Fsp3) is 0.706. The van der Waals surface area contributed by atoms with Gasteiger partial charge >= 0.3 is 0 Å². The molecule has 0 aromatic carbocycles. The summed E-state index contributed by atoms with van der Waals surface area (Å²) < 4.78 is 6.22. The van der Waals surface area contributed by atoms with Crippen molar-refractivity contribution in [3.8, 4) is 5.75 Å². The van der Waals surface area contributed by atoms with E-state index in [0.717, 1.165) is 30.5 Å². The second kappa shape index (κ2) is 6.65. The zero-order valence-corrected chi connectivity index (χ0v) is 13.5. The van der Waals surface area contributed by atoms with Gasteiger partial charge in [-0.2, -0.15) is 0 Å². The van der Waals surface area contributed by atoms with Gasteiger partial charge in [0.1, 0.15) is 5.75 Å². The van der Waals surface area contributed by atoms with E-state index in [1.807, 2.05) is 13.8 Å². The zero-order chi connectivity index (χ0) is 15.6. The van der Waals surface area contributed by atoms with Crippen molar-refractivity contribution in [2.24, 2.45) is 11.8 Å². The highest BCUT2D eigenvalue weighted by molar-refractivity contribution is 5.42. The van der Waals surface area contributed by atoms with Gasteiger partial charge in [-0.05, 0) is 44.4 Å². The largest absolute Gasteiger partial charge is 0.489 e. The molecule has 3 atom stereocenters. The van der Waals surface area contributed by atoms with Gasteiger partial charge in [-0.1, -0.05) is 20.8 Å². The molecule has 1 aliphatic rings. The number of pyridine rings is 1. The first-order valence-electron chi connectivity index (χ1n) is 7.98. The molecule has 0 radical (unpaired) electrons. The average Bonchev–Trinajstić information content (AvgIpc) is 2.37. The number of hydrogen-bond donors (Lipinski definition) is 2. The second-order valence-electron chi connectivity index (χ2n) is 6.53. The molecule has 0 amide bonds. The predicted octanol–water partition coefficient (Wildman–Crippen LogP) is 2.94. The highest BCUT2D eigenvalue weighted by Crippen LogP contribution is 2.33. The van der Waals surface area contributed by atoms with Crippen LogP contribution in [0.25, 0.3) is 0 Å². The fourth-order valence-corrected chi connectivity index (χ4v) is 3.62. The minimum absolute atomic E-state index is 0.139. The van der Waals surface area contributed by atoms with Crippen LogP contribution in [0.5, 0.6) is 5.75 Å². The number of aliphatic hydroxyl groups excluding tert-OH is 1. The number of rotatable bonds is 4. The maximum absolute atomic E-state index is 12.0. The van der Waals surface area contributed by atoms with E-state index in [1.54, 1.807) is 0 Å². The molecule has 0 aliphatic heterocycles. The maximum atomic E-state index is 12.0. The van der Waals surface area contributed by atoms with Crippen LogP contribution < -0.4 is 10.3 Å². The first-order valence-corrected chi connectivity index (χ1v) is 7.98. The van der Waals surface area contributed by atoms with Crippen molar-refractivity contribution in [1.82, 2.24) is 4.98 Å². The Morgan fingerprint density at radius 2 is 1.81 bits per heavy atom. The van der Waals surface area contributed by atoms with Gasteiger partial charge in [0.15, 0.2) is 0 Å². The molecule has 1 aliphatic carbocycles. The Labute approximate surface area is 126 Å². The van der Waals surface area contributed by atoms with Crippen LogP contribution >= 0.6 is 0 Å². The Hall–Kier alpha value is -1.29. The minimum Gasteiger partial charge on any atom is -0.489 e. The average molecular weight is 293 g/mol. The summed E-state index contributed by atoms with van der Waals surface area (Å²) in [5.74, 6) is 1.90. The zero-order valence-electron chi connectivity index (χ0n) is 13.5. The smallest absolute Gasteiger partial charge is 0.257 e. The minimum atomic E-state index is -0.282. The fourth-order valence-electron chi connectivity index (χ4n) is 3.62. The second-order valence-corrected chi connectivity index (χ2v) is 6.53. The molecule has 0 saturated heterocycles. The van der Waals surface area contributed by atoms with Gasteiger partial charge in [-0.25, -0.2) is 0 Å². The highest BCUT2D eigenvalue weighted by Gasteiger charge is 2.27. The summed E-state index contributed by atoms with van der Waals surface area (Å²) in [6, 6.07) is 0. The number of aliphatic hydroxyl groups is 1. The molecule has 1 fully saturated rings. The molecule has 118 valence electrons. The molecule has 0 bridgehead atoms. The quantitative estimate of drug-likeness (QED) is 0.897. The summed E-state index contributed by atoms with van der Waals surface area (Å²) in [7, 11) is 0. The number of aromatic amines is 1. The number of nitrogens with one attached hydrogen (secondary N) is 1. The molecule has 21 heavy (non-hydrogen) atoms. The molecule has 4 heteroatoms. The van der Waals surface area contributed by atoms with E-state index in [1.165, 1.54) is 6.42 Å². The van der Waals surface area contributed by atoms with Gasteiger partial charge in [-0.15, -0.1) is 0 Å². The Morgan fingerprint density at radius 3 is 2.33 bits per heavy atom. The lowest BCUT2D eigenvalue weighted by Gasteiger charge is -2.32. The topological polar surface area (TPSA) is 62.3 Å². The standard InChI is InChI=1S/C17H27NO3/c1-5-14-12(4)18-17(20)15(9-19)16(14)21-13-7-10(2)6-11(3)8-13/h10-11,13,19H,5-9H2,1-4H3,(H,18,20)/t10-,11+,13?. The number of ether oxygens (including phenoxy) is 1. The van der Waals surface area contributed by atoms with Gasteiger partial charge in [0, 0.05) is 11.3 Å². The summed E-state index contributed by atoms with van der Waals surface area (Å²) in [5, 5.41) is 9.54. The molecular weight excluding hydrogens is 266 g/mol. The van der Waals surface area contributed by atoms with E-state index in [9.17, 15) is 9.90 Å². The van der Waals surface area contributed by atoms with Crippen LogP contribution in [0.15, 0.2) is 4.79 Å². The summed E-state index contributed by atoms with van der Waals surface area (Å²) in [5.41, 5.74) is 1.97. The third kappa shape index (κ3) is 3.49. The Bertz CT molecular complexity index is 540. The summed E-state index contributed by atoms with van der Waals surface area (Å²) in [6.45, 7) is 8.16. The predicted molar refractivity (Wildman–Crippen MR) is 83.7 cm³/mol. The van der Waals surface area contributed by atoms with E-state index in [4.69, 9.17) is 4.74 Å². The number of aryl methyl sites for hydroxylation is 1. The van der Waals surface area contributed by atoms with Gasteiger partial charge in [-0.3, -0.25) is 4.79 Å². The van der Waals surface area contributed by atoms with Crippen LogP contribution in [-0.4, -0.2) is 16.2 Å². The molecule has 1 aromatic heterocycles. The molecule has 2 rings (SSSR count). The molecule has 1 saturated carbocycles. The molecule has 1 aromatic rings. The van der Waals surface area contributed by atoms with E-state index < -0.39 is 0 Å². The van der Waals surface area contributed by atoms with Crippen molar-refractivity contribution in [1.29, 1.82) is 0 Å². The normalized spacial score (nSPS) is 25.9. The van der Waals surface area contributed by atoms with E-state index >= 15 is 0 Å². The van der Waals surface area contributed by atoms with E-state index in [2.05, 4.69) is 18.8 Å². The van der Waals surface area contributed by atoms with Crippen molar-refractivity contribution in [3.05, 3.63) is 27.2 Å². The third-order valence-corrected chi connectivity index (χ3v) is 4.51. The van der Waals surface area contributed by atoms with Crippen LogP contribution in [-0.2, 0) is 13.0 Å². The molecule has 4 nitrogen and oxygen atoms in total. The Kier molecular flexibility index (Phi) is 5.09. The molecule has 1 unspecified atom stereocenters. The van der Waals surface area contributed by atoms with Crippen molar-refractivity contribution in [2.75, 3.05) is 0 Å². The van der Waals surface area contributed by atoms with Crippen molar-refractivity contribution in [2.45, 2.75) is 66.1 Å². The van der Waals surface area contributed by atoms with Gasteiger partial charge in [0.2, 0.25) is 0 Å². The van der Waals surface area contributed by atoms with E-state index in [-0.39, 0.29) is 18.3 Å². The summed E-state index contributed by atoms with van der Waals surface area (Å²) >= 11 is 0. The number of H-pyrrole nitrogens is 1. The number of aromatic nitrogens is 1. The van der Waals surface area contributed by atoms with E-state index in [0.29, 0.717) is 23.1 Å². The van der Waals surface area contributed by atoms with Crippen LogP contribution in [0.4, 0.5) is 0 Å². The van der Waals surface area contributed by atoms with Crippen LogP contribution in [0.1, 0.15) is 56.9 Å². The lowest BCUT2D eigenvalue weighted by Crippen LogP contribution is -2.30. The molecule has 1 heterocycles. The van der Waals surface area contributed by atoms with Crippen LogP contribution in [0.3, 0.4) is 0 Å². The summed E-state index contributed by atoms with van der Waals surface area (Å²) in [4.78, 5) is 14.8. The third-order valence-electron chi connectivity index (χ3n) is 4.51. The van der Waals surface area contributed by atoms with Crippen molar-refractivity contribution >= 4 is 0 Å². The Morgan fingerprint density at radius 1 is 1.19 bits per heavy atom. The SMILES string of the molecule is CCc1c(C)[nH]c(=O)c(CO)c1OC1C[C@@H](C)C[C@@H](C)C1. The lowest BCUT2D eigenvalue weighted by molar-refractivity contribution is 0.0971. The first kappa shape index (κ1) is 16.1. The van der Waals surface area contributed by atoms with Crippen LogP contribution in [0, 0.1) is 18.8 Å². The lowest BCUT2D eigenvalue weighted by atomic mass is 9.81. The first-order chi connectivity index (χ1) is 9.96. The van der Waals surface area contributed by atoms with Gasteiger partial charge < -0.3 is 14.8 Å². The van der Waals surface area contributed by atoms with Crippen molar-refractivity contribution in [3.63, 3.8) is 0 Å². The molecular formula is C17H27NO3. The maximum Gasteiger partial charge on any atom is 0.257 e. The Balaban J connectivity index is 2.36. The molecule has 2 N–H and O–H groups in total. The number of hydrogen-bond acceptors (Lipinski definition) is 3. The molecule has 0 spiro atoms. The monoisotopic (exact) mass is 293 g/mol. The van der Waals surface area contributed by atoms with Crippen LogP contribution in [0.2, 0.25) is 0 Å².